The van der Waals surface area contributed by atoms with E-state index in [0.717, 1.165) is 0 Å². The Bertz CT molecular complexity index is 269. The van der Waals surface area contributed by atoms with Crippen molar-refractivity contribution in [3.05, 3.63) is 23.4 Å². The molecular formula is C8H10F2N2O. The number of pyridine rings is 1. The number of nitrogens with two attached hydrogens (primary N) is 1. The fourth-order valence-corrected chi connectivity index (χ4v) is 0.918. The minimum absolute atomic E-state index is 0.118. The van der Waals surface area contributed by atoms with Crippen molar-refractivity contribution in [3.8, 4) is 5.88 Å². The van der Waals surface area contributed by atoms with E-state index in [9.17, 15) is 8.78 Å². The van der Waals surface area contributed by atoms with Gasteiger partial charge in [0, 0.05) is 18.2 Å². The van der Waals surface area contributed by atoms with Crippen LogP contribution >= 0.6 is 0 Å². The summed E-state index contributed by atoms with van der Waals surface area (Å²) in [6.07, 6.45) is -2.53. The van der Waals surface area contributed by atoms with E-state index in [1.807, 2.05) is 0 Å². The first-order valence-electron chi connectivity index (χ1n) is 3.70. The Labute approximate surface area is 74.5 Å². The number of nitrogens with zero attached hydrogens (tertiary/aromatic N) is 1. The molecule has 0 unspecified atom stereocenters. The van der Waals surface area contributed by atoms with E-state index in [-0.39, 0.29) is 18.0 Å². The molecule has 0 aromatic carbocycles. The fraction of sp³-hybridized carbons (Fsp3) is 0.375. The summed E-state index contributed by atoms with van der Waals surface area (Å²) in [5.41, 5.74) is 5.56. The Kier molecular flexibility index (Phi) is 3.13. The lowest BCUT2D eigenvalue weighted by Crippen LogP contribution is -2.02. The second kappa shape index (κ2) is 4.13. The molecule has 1 aromatic heterocycles. The quantitative estimate of drug-likeness (QED) is 0.781. The lowest BCUT2D eigenvalue weighted by Gasteiger charge is -2.05. The molecule has 0 atom stereocenters. The van der Waals surface area contributed by atoms with Crippen molar-refractivity contribution in [1.29, 1.82) is 0 Å². The van der Waals surface area contributed by atoms with Gasteiger partial charge in [0.1, 0.15) is 0 Å². The predicted molar refractivity (Wildman–Crippen MR) is 43.6 cm³/mol. The lowest BCUT2D eigenvalue weighted by atomic mass is 10.2. The molecule has 0 amide bonds. The number of aromatic nitrogens is 1. The molecule has 0 aliphatic heterocycles. The SMILES string of the molecule is COc1cc(C(F)F)cc(CN)n1. The van der Waals surface area contributed by atoms with E-state index in [1.165, 1.54) is 19.2 Å². The third-order valence-corrected chi connectivity index (χ3v) is 1.55. The minimum atomic E-state index is -2.53. The molecule has 0 radical (unpaired) electrons. The summed E-state index contributed by atoms with van der Waals surface area (Å²) in [7, 11) is 1.37. The number of ether oxygens (including phenoxy) is 1. The van der Waals surface area contributed by atoms with Gasteiger partial charge in [-0.3, -0.25) is 0 Å². The van der Waals surface area contributed by atoms with Crippen molar-refractivity contribution in [2.45, 2.75) is 13.0 Å². The monoisotopic (exact) mass is 188 g/mol. The first-order valence-corrected chi connectivity index (χ1v) is 3.70. The maximum atomic E-state index is 12.3. The molecule has 3 nitrogen and oxygen atoms in total. The Hall–Kier alpha value is -1.23. The molecule has 0 saturated heterocycles. The average molecular weight is 188 g/mol. The van der Waals surface area contributed by atoms with Gasteiger partial charge < -0.3 is 10.5 Å². The molecule has 0 fully saturated rings. The Morgan fingerprint density at radius 1 is 1.54 bits per heavy atom. The van der Waals surface area contributed by atoms with Crippen LogP contribution in [0.25, 0.3) is 0 Å². The highest BCUT2D eigenvalue weighted by molar-refractivity contribution is 5.25. The van der Waals surface area contributed by atoms with Crippen molar-refractivity contribution in [2.75, 3.05) is 7.11 Å². The molecule has 0 aliphatic carbocycles. The highest BCUT2D eigenvalue weighted by Crippen LogP contribution is 2.22. The molecule has 5 heteroatoms. The first-order chi connectivity index (χ1) is 6.17. The molecule has 1 heterocycles. The summed E-state index contributed by atoms with van der Waals surface area (Å²) in [5.74, 6) is 0.165. The van der Waals surface area contributed by atoms with Crippen molar-refractivity contribution in [2.24, 2.45) is 5.73 Å². The van der Waals surface area contributed by atoms with Crippen molar-refractivity contribution >= 4 is 0 Å². The zero-order valence-electron chi connectivity index (χ0n) is 7.13. The van der Waals surface area contributed by atoms with Gasteiger partial charge in [-0.1, -0.05) is 0 Å². The molecule has 0 spiro atoms. The smallest absolute Gasteiger partial charge is 0.264 e. The zero-order chi connectivity index (χ0) is 9.84. The molecule has 0 bridgehead atoms. The van der Waals surface area contributed by atoms with E-state index in [2.05, 4.69) is 4.98 Å². The Balaban J connectivity index is 3.07. The van der Waals surface area contributed by atoms with Crippen LogP contribution in [0.2, 0.25) is 0 Å². The largest absolute Gasteiger partial charge is 0.481 e. The molecule has 1 rings (SSSR count). The normalized spacial score (nSPS) is 10.5. The molecule has 0 saturated carbocycles. The van der Waals surface area contributed by atoms with Gasteiger partial charge in [0.25, 0.3) is 6.43 Å². The van der Waals surface area contributed by atoms with Crippen LogP contribution < -0.4 is 10.5 Å². The van der Waals surface area contributed by atoms with Crippen LogP contribution in [-0.4, -0.2) is 12.1 Å². The highest BCUT2D eigenvalue weighted by atomic mass is 19.3. The van der Waals surface area contributed by atoms with Gasteiger partial charge in [-0.25, -0.2) is 13.8 Å². The highest BCUT2D eigenvalue weighted by Gasteiger charge is 2.10. The number of methoxy groups -OCH3 is 1. The summed E-state index contributed by atoms with van der Waals surface area (Å²) < 4.78 is 29.3. The van der Waals surface area contributed by atoms with Crippen molar-refractivity contribution in [3.63, 3.8) is 0 Å². The topological polar surface area (TPSA) is 48.1 Å². The summed E-state index contributed by atoms with van der Waals surface area (Å²) in [5, 5.41) is 0. The number of halogens is 2. The van der Waals surface area contributed by atoms with Crippen LogP contribution in [0.1, 0.15) is 17.7 Å². The van der Waals surface area contributed by atoms with Gasteiger partial charge in [-0.15, -0.1) is 0 Å². The van der Waals surface area contributed by atoms with E-state index in [4.69, 9.17) is 10.5 Å². The van der Waals surface area contributed by atoms with Gasteiger partial charge in [-0.05, 0) is 6.07 Å². The molecule has 1 aromatic rings. The van der Waals surface area contributed by atoms with E-state index in [1.54, 1.807) is 0 Å². The zero-order valence-corrected chi connectivity index (χ0v) is 7.13. The summed E-state index contributed by atoms with van der Waals surface area (Å²) in [6, 6.07) is 2.47. The summed E-state index contributed by atoms with van der Waals surface area (Å²) >= 11 is 0. The van der Waals surface area contributed by atoms with Crippen LogP contribution in [0.3, 0.4) is 0 Å². The first kappa shape index (κ1) is 9.85. The van der Waals surface area contributed by atoms with E-state index >= 15 is 0 Å². The maximum absolute atomic E-state index is 12.3. The molecule has 0 aliphatic rings. The van der Waals surface area contributed by atoms with Crippen molar-refractivity contribution < 1.29 is 13.5 Å². The molecule has 13 heavy (non-hydrogen) atoms. The van der Waals surface area contributed by atoms with Gasteiger partial charge in [0.05, 0.1) is 12.8 Å². The lowest BCUT2D eigenvalue weighted by molar-refractivity contribution is 0.150. The van der Waals surface area contributed by atoms with Gasteiger partial charge >= 0.3 is 0 Å². The second-order valence-electron chi connectivity index (χ2n) is 2.44. The number of alkyl halides is 2. The maximum Gasteiger partial charge on any atom is 0.264 e. The third-order valence-electron chi connectivity index (χ3n) is 1.55. The third kappa shape index (κ3) is 2.35. The number of hydrogen-bond acceptors (Lipinski definition) is 3. The average Bonchev–Trinajstić information content (AvgIpc) is 2.16. The van der Waals surface area contributed by atoms with Crippen LogP contribution in [-0.2, 0) is 6.54 Å². The Morgan fingerprint density at radius 2 is 2.23 bits per heavy atom. The minimum Gasteiger partial charge on any atom is -0.481 e. The Morgan fingerprint density at radius 3 is 2.69 bits per heavy atom. The molecular weight excluding hydrogens is 178 g/mol. The van der Waals surface area contributed by atoms with E-state index in [0.29, 0.717) is 5.69 Å². The predicted octanol–water partition coefficient (Wildman–Crippen LogP) is 1.49. The van der Waals surface area contributed by atoms with Gasteiger partial charge in [-0.2, -0.15) is 0 Å². The van der Waals surface area contributed by atoms with Crippen LogP contribution in [0, 0.1) is 0 Å². The number of hydrogen-bond donors (Lipinski definition) is 1. The van der Waals surface area contributed by atoms with Gasteiger partial charge in [0.2, 0.25) is 5.88 Å². The van der Waals surface area contributed by atoms with E-state index < -0.39 is 6.43 Å². The molecule has 2 N–H and O–H groups in total. The van der Waals surface area contributed by atoms with Crippen molar-refractivity contribution in [1.82, 2.24) is 4.98 Å². The summed E-state index contributed by atoms with van der Waals surface area (Å²) in [6.45, 7) is 0.122. The van der Waals surface area contributed by atoms with Crippen LogP contribution in [0.4, 0.5) is 8.78 Å². The van der Waals surface area contributed by atoms with Gasteiger partial charge in [0.15, 0.2) is 0 Å². The molecule has 72 valence electrons. The number of rotatable bonds is 3. The standard InChI is InChI=1S/C8H10F2N2O/c1-13-7-3-5(8(9)10)2-6(4-11)12-7/h2-3,8H,4,11H2,1H3. The fourth-order valence-electron chi connectivity index (χ4n) is 0.918. The van der Waals surface area contributed by atoms with Crippen LogP contribution in [0.5, 0.6) is 5.88 Å². The second-order valence-corrected chi connectivity index (χ2v) is 2.44. The summed E-state index contributed by atoms with van der Waals surface area (Å²) in [4.78, 5) is 3.87. The van der Waals surface area contributed by atoms with Crippen LogP contribution in [0.15, 0.2) is 12.1 Å².